The lowest BCUT2D eigenvalue weighted by Gasteiger charge is -2.21. The van der Waals surface area contributed by atoms with E-state index in [0.29, 0.717) is 40.7 Å². The molecule has 0 unspecified atom stereocenters. The van der Waals surface area contributed by atoms with Gasteiger partial charge in [0.15, 0.2) is 0 Å². The van der Waals surface area contributed by atoms with Crippen molar-refractivity contribution in [1.29, 1.82) is 0 Å². The second-order valence-electron chi connectivity index (χ2n) is 11.8. The van der Waals surface area contributed by atoms with Crippen molar-refractivity contribution < 1.29 is 37.3 Å². The Hall–Kier alpha value is -4.86. The van der Waals surface area contributed by atoms with Gasteiger partial charge in [-0.2, -0.15) is 18.2 Å². The van der Waals surface area contributed by atoms with Gasteiger partial charge in [-0.1, -0.05) is 31.5 Å². The molecule has 0 atom stereocenters. The molecule has 0 aliphatic rings. The molecule has 0 spiro atoms. The fraction of sp³-hybridized carbons (Fsp3) is 0.371. The molecule has 0 bridgehead atoms. The third kappa shape index (κ3) is 15.3. The SMILES string of the molecule is C=N/C(=N\C(=NCc1ccc(OCCCNc2ccc(OC)cc2)c(Cl)c1)NCOCC(F)(F)F)Nc1ccc(C(=O)NCC(C)(C)CO)cc1. The number of aliphatic imine (C=N–C) groups is 3. The summed E-state index contributed by atoms with van der Waals surface area (Å²) in [7, 11) is 1.61. The number of amides is 1. The molecule has 3 aromatic carbocycles. The van der Waals surface area contributed by atoms with Crippen LogP contribution in [-0.2, 0) is 11.3 Å². The van der Waals surface area contributed by atoms with Crippen molar-refractivity contribution in [1.82, 2.24) is 10.6 Å². The predicted octanol–water partition coefficient (Wildman–Crippen LogP) is 6.13. The van der Waals surface area contributed by atoms with Crippen LogP contribution in [0.5, 0.6) is 11.5 Å². The standard InChI is InChI=1S/C35H43ClF3N7O5/c1-34(2,21-47)20-43-31(48)25-7-9-27(10-8-25)45-32(40-3)46-33(44-23-50-22-35(37,38)39)42-19-24-6-15-30(29(36)18-24)51-17-5-16-41-26-11-13-28(49-4)14-12-26/h6-15,18,41,47H,3,5,16-17,19-23H2,1-2,4H3,(H,43,48)(H2,42,44,45,46). The Morgan fingerprint density at radius 3 is 2.31 bits per heavy atom. The molecule has 0 aliphatic carbocycles. The number of aliphatic hydroxyl groups excluding tert-OH is 1. The van der Waals surface area contributed by atoms with E-state index in [1.54, 1.807) is 49.6 Å². The zero-order valence-corrected chi connectivity index (χ0v) is 29.4. The van der Waals surface area contributed by atoms with E-state index in [1.165, 1.54) is 0 Å². The second-order valence-corrected chi connectivity index (χ2v) is 12.3. The number of rotatable bonds is 17. The normalized spacial score (nSPS) is 12.2. The van der Waals surface area contributed by atoms with Gasteiger partial charge in [0, 0.05) is 42.0 Å². The van der Waals surface area contributed by atoms with Crippen LogP contribution in [0.3, 0.4) is 0 Å². The van der Waals surface area contributed by atoms with Crippen molar-refractivity contribution in [2.24, 2.45) is 20.4 Å². The summed E-state index contributed by atoms with van der Waals surface area (Å²) in [5.74, 6) is 0.846. The minimum absolute atomic E-state index is 0.0257. The van der Waals surface area contributed by atoms with E-state index in [2.05, 4.69) is 47.7 Å². The number of benzene rings is 3. The minimum Gasteiger partial charge on any atom is -0.497 e. The van der Waals surface area contributed by atoms with Crippen molar-refractivity contribution in [2.75, 3.05) is 57.4 Å². The molecule has 0 saturated heterocycles. The van der Waals surface area contributed by atoms with E-state index < -0.39 is 24.9 Å². The average Bonchev–Trinajstić information content (AvgIpc) is 3.11. The van der Waals surface area contributed by atoms with Crippen molar-refractivity contribution in [3.05, 3.63) is 82.9 Å². The molecule has 0 aromatic heterocycles. The van der Waals surface area contributed by atoms with Crippen molar-refractivity contribution in [3.63, 3.8) is 0 Å². The Balaban J connectivity index is 1.62. The first-order chi connectivity index (χ1) is 24.3. The molecule has 12 nitrogen and oxygen atoms in total. The zero-order valence-electron chi connectivity index (χ0n) is 28.6. The van der Waals surface area contributed by atoms with Gasteiger partial charge in [0.05, 0.1) is 25.3 Å². The quantitative estimate of drug-likeness (QED) is 0.0482. The number of methoxy groups -OCH3 is 1. The number of anilines is 2. The van der Waals surface area contributed by atoms with E-state index in [-0.39, 0.29) is 37.5 Å². The van der Waals surface area contributed by atoms with Gasteiger partial charge in [0.1, 0.15) is 24.8 Å². The molecule has 1 amide bonds. The second kappa shape index (κ2) is 20.1. The van der Waals surface area contributed by atoms with Crippen LogP contribution in [0.25, 0.3) is 0 Å². The summed E-state index contributed by atoms with van der Waals surface area (Å²) in [6, 6.07) is 19.1. The third-order valence-electron chi connectivity index (χ3n) is 6.92. The fourth-order valence-electron chi connectivity index (χ4n) is 4.05. The number of carbonyl (C=O) groups is 1. The summed E-state index contributed by atoms with van der Waals surface area (Å²) in [6.07, 6.45) is -3.79. The number of halogens is 4. The van der Waals surface area contributed by atoms with E-state index in [0.717, 1.165) is 17.9 Å². The van der Waals surface area contributed by atoms with Gasteiger partial charge in [0.25, 0.3) is 5.91 Å². The highest BCUT2D eigenvalue weighted by molar-refractivity contribution is 6.32. The summed E-state index contributed by atoms with van der Waals surface area (Å²) >= 11 is 6.46. The number of guanidine groups is 2. The number of nitrogens with zero attached hydrogens (tertiary/aromatic N) is 3. The van der Waals surface area contributed by atoms with Gasteiger partial charge in [-0.05, 0) is 79.4 Å². The maximum Gasteiger partial charge on any atom is 0.411 e. The lowest BCUT2D eigenvalue weighted by Crippen LogP contribution is -2.36. The Kier molecular flexibility index (Phi) is 16.0. The number of ether oxygens (including phenoxy) is 3. The molecule has 3 aromatic rings. The molecule has 3 rings (SSSR count). The summed E-state index contributed by atoms with van der Waals surface area (Å²) in [5.41, 5.74) is 2.06. The molecule has 0 saturated carbocycles. The Morgan fingerprint density at radius 2 is 1.69 bits per heavy atom. The minimum atomic E-state index is -4.51. The van der Waals surface area contributed by atoms with Gasteiger partial charge in [-0.25, -0.2) is 9.98 Å². The molecule has 276 valence electrons. The molecule has 0 fully saturated rings. The van der Waals surface area contributed by atoms with Crippen molar-refractivity contribution in [2.45, 2.75) is 33.0 Å². The van der Waals surface area contributed by atoms with Crippen LogP contribution in [-0.4, -0.2) is 82.6 Å². The number of nitrogens with one attached hydrogen (secondary N) is 4. The average molecular weight is 734 g/mol. The number of alkyl halides is 3. The summed E-state index contributed by atoms with van der Waals surface area (Å²) in [6.45, 7) is 6.52. The predicted molar refractivity (Wildman–Crippen MR) is 194 cm³/mol. The number of aliphatic hydroxyl groups is 1. The first-order valence-corrected chi connectivity index (χ1v) is 16.2. The summed E-state index contributed by atoms with van der Waals surface area (Å²) in [4.78, 5) is 25.0. The molecule has 16 heteroatoms. The lowest BCUT2D eigenvalue weighted by molar-refractivity contribution is -0.174. The first-order valence-electron chi connectivity index (χ1n) is 15.8. The van der Waals surface area contributed by atoms with Gasteiger partial charge in [0.2, 0.25) is 11.9 Å². The zero-order chi connectivity index (χ0) is 37.3. The monoisotopic (exact) mass is 733 g/mol. The first kappa shape index (κ1) is 40.6. The number of hydrogen-bond donors (Lipinski definition) is 5. The highest BCUT2D eigenvalue weighted by Crippen LogP contribution is 2.26. The van der Waals surface area contributed by atoms with Crippen LogP contribution in [0.2, 0.25) is 5.02 Å². The molecule has 0 radical (unpaired) electrons. The van der Waals surface area contributed by atoms with E-state index in [4.69, 9.17) is 21.1 Å². The lowest BCUT2D eigenvalue weighted by atomic mass is 9.95. The van der Waals surface area contributed by atoms with E-state index >= 15 is 0 Å². The van der Waals surface area contributed by atoms with Crippen LogP contribution in [0, 0.1) is 5.41 Å². The maximum atomic E-state index is 12.6. The highest BCUT2D eigenvalue weighted by Gasteiger charge is 2.27. The topological polar surface area (TPSA) is 150 Å². The smallest absolute Gasteiger partial charge is 0.411 e. The highest BCUT2D eigenvalue weighted by atomic mass is 35.5. The van der Waals surface area contributed by atoms with Crippen LogP contribution in [0.1, 0.15) is 36.2 Å². The van der Waals surface area contributed by atoms with E-state index in [9.17, 15) is 23.1 Å². The van der Waals surface area contributed by atoms with Crippen molar-refractivity contribution >= 4 is 47.5 Å². The van der Waals surface area contributed by atoms with Gasteiger partial charge >= 0.3 is 6.18 Å². The van der Waals surface area contributed by atoms with Crippen LogP contribution < -0.4 is 30.7 Å². The summed E-state index contributed by atoms with van der Waals surface area (Å²) in [5, 5.41) is 21.4. The van der Waals surface area contributed by atoms with Crippen LogP contribution in [0.15, 0.2) is 81.7 Å². The Morgan fingerprint density at radius 1 is 0.980 bits per heavy atom. The largest absolute Gasteiger partial charge is 0.497 e. The molecule has 51 heavy (non-hydrogen) atoms. The maximum absolute atomic E-state index is 12.6. The fourth-order valence-corrected chi connectivity index (χ4v) is 4.31. The molecule has 5 N–H and O–H groups in total. The number of carbonyl (C=O) groups excluding carboxylic acids is 1. The van der Waals surface area contributed by atoms with Gasteiger partial charge in [-0.3, -0.25) is 4.79 Å². The van der Waals surface area contributed by atoms with Crippen LogP contribution >= 0.6 is 11.6 Å². The summed E-state index contributed by atoms with van der Waals surface area (Å²) < 4.78 is 53.5. The van der Waals surface area contributed by atoms with Crippen LogP contribution in [0.4, 0.5) is 24.5 Å². The number of hydrogen-bond acceptors (Lipinski definition) is 7. The molecule has 0 heterocycles. The Labute approximate surface area is 300 Å². The van der Waals surface area contributed by atoms with Gasteiger partial charge in [-0.15, -0.1) is 0 Å². The molecular formula is C35H43ClF3N7O5. The van der Waals surface area contributed by atoms with Gasteiger partial charge < -0.3 is 40.6 Å². The molecule has 0 aliphatic heterocycles. The third-order valence-corrected chi connectivity index (χ3v) is 7.22. The van der Waals surface area contributed by atoms with E-state index in [1.807, 2.05) is 38.1 Å². The Bertz CT molecular complexity index is 1620. The molecular weight excluding hydrogens is 691 g/mol. The van der Waals surface area contributed by atoms with Crippen molar-refractivity contribution in [3.8, 4) is 11.5 Å².